The molecule has 4 nitrogen and oxygen atoms in total. The smallest absolute Gasteiger partial charge is 0.370 e. The first-order valence-corrected chi connectivity index (χ1v) is 8.01. The van der Waals surface area contributed by atoms with Crippen LogP contribution in [0.2, 0.25) is 5.02 Å². The Balaban J connectivity index is 1.66. The van der Waals surface area contributed by atoms with Gasteiger partial charge in [-0.3, -0.25) is 4.79 Å². The summed E-state index contributed by atoms with van der Waals surface area (Å²) in [5.74, 6) is 0.219. The van der Waals surface area contributed by atoms with Crippen LogP contribution < -0.4 is 10.6 Å². The van der Waals surface area contributed by atoms with Crippen molar-refractivity contribution in [1.29, 1.82) is 0 Å². The first-order valence-electron chi connectivity index (χ1n) is 7.63. The Hall–Kier alpha value is -2.28. The summed E-state index contributed by atoms with van der Waals surface area (Å²) in [6.07, 6.45) is -2.80. The Bertz CT molecular complexity index is 705. The molecule has 134 valence electrons. The Morgan fingerprint density at radius 3 is 2.52 bits per heavy atom. The minimum absolute atomic E-state index is 0.138. The van der Waals surface area contributed by atoms with E-state index in [2.05, 4.69) is 15.6 Å². The molecular weight excluding hydrogens is 355 g/mol. The monoisotopic (exact) mass is 371 g/mol. The minimum atomic E-state index is -4.39. The molecule has 0 saturated heterocycles. The number of benzene rings is 1. The van der Waals surface area contributed by atoms with Crippen molar-refractivity contribution in [2.45, 2.75) is 19.0 Å². The van der Waals surface area contributed by atoms with Crippen molar-refractivity contribution < 1.29 is 18.0 Å². The molecule has 1 aromatic heterocycles. The van der Waals surface area contributed by atoms with Gasteiger partial charge in [0.25, 0.3) is 0 Å². The van der Waals surface area contributed by atoms with Gasteiger partial charge in [0.05, 0.1) is 12.0 Å². The lowest BCUT2D eigenvalue weighted by Crippen LogP contribution is -2.27. The fourth-order valence-electron chi connectivity index (χ4n) is 2.08. The van der Waals surface area contributed by atoms with Crippen LogP contribution in [0.3, 0.4) is 0 Å². The van der Waals surface area contributed by atoms with Crippen LogP contribution in [0.5, 0.6) is 0 Å². The predicted octanol–water partition coefficient (Wildman–Crippen LogP) is 3.91. The van der Waals surface area contributed by atoms with E-state index in [-0.39, 0.29) is 12.3 Å². The van der Waals surface area contributed by atoms with Crippen molar-refractivity contribution in [1.82, 2.24) is 10.3 Å². The Labute approximate surface area is 148 Å². The number of rotatable bonds is 7. The summed E-state index contributed by atoms with van der Waals surface area (Å²) in [5.41, 5.74) is -0.0290. The van der Waals surface area contributed by atoms with Crippen LogP contribution in [-0.4, -0.2) is 24.0 Å². The van der Waals surface area contributed by atoms with Gasteiger partial charge in [-0.2, -0.15) is 13.2 Å². The number of amides is 1. The van der Waals surface area contributed by atoms with Crippen molar-refractivity contribution in [2.75, 3.05) is 18.4 Å². The van der Waals surface area contributed by atoms with E-state index >= 15 is 0 Å². The number of nitrogens with one attached hydrogen (secondary N) is 2. The number of hydrogen-bond donors (Lipinski definition) is 2. The van der Waals surface area contributed by atoms with Crippen LogP contribution in [0.1, 0.15) is 17.5 Å². The van der Waals surface area contributed by atoms with E-state index in [9.17, 15) is 18.0 Å². The van der Waals surface area contributed by atoms with Gasteiger partial charge < -0.3 is 10.6 Å². The number of halogens is 4. The van der Waals surface area contributed by atoms with Gasteiger partial charge in [-0.25, -0.2) is 4.98 Å². The van der Waals surface area contributed by atoms with Crippen LogP contribution in [0, 0.1) is 0 Å². The van der Waals surface area contributed by atoms with Crippen molar-refractivity contribution >= 4 is 23.3 Å². The normalized spacial score (nSPS) is 11.2. The van der Waals surface area contributed by atoms with Gasteiger partial charge >= 0.3 is 6.18 Å². The summed E-state index contributed by atoms with van der Waals surface area (Å²) in [6, 6.07) is 9.38. The summed E-state index contributed by atoms with van der Waals surface area (Å²) >= 11 is 5.99. The van der Waals surface area contributed by atoms with Crippen LogP contribution in [0.25, 0.3) is 0 Å². The van der Waals surface area contributed by atoms with E-state index in [4.69, 9.17) is 11.6 Å². The number of alkyl halides is 3. The standard InChI is InChI=1S/C17H17ClF3N3O/c18-14-5-2-1-4-12(14)10-16(25)23-9-3-8-22-15-7-6-13(11-24-15)17(19,20)21/h1-2,4-7,11H,3,8-10H2,(H,22,24)(H,23,25). The second kappa shape index (κ2) is 8.71. The molecule has 2 rings (SSSR count). The number of pyridine rings is 1. The maximum absolute atomic E-state index is 12.4. The molecule has 8 heteroatoms. The van der Waals surface area contributed by atoms with Gasteiger partial charge in [0.15, 0.2) is 0 Å². The third kappa shape index (κ3) is 6.26. The zero-order valence-electron chi connectivity index (χ0n) is 13.2. The Kier molecular flexibility index (Phi) is 6.64. The molecular formula is C17H17ClF3N3O. The predicted molar refractivity (Wildman–Crippen MR) is 90.5 cm³/mol. The van der Waals surface area contributed by atoms with E-state index < -0.39 is 11.7 Å². The van der Waals surface area contributed by atoms with Crippen LogP contribution in [0.15, 0.2) is 42.6 Å². The molecule has 25 heavy (non-hydrogen) atoms. The van der Waals surface area contributed by atoms with E-state index in [0.717, 1.165) is 17.8 Å². The molecule has 2 aromatic rings. The lowest BCUT2D eigenvalue weighted by atomic mass is 10.1. The summed E-state index contributed by atoms with van der Waals surface area (Å²) < 4.78 is 37.3. The second-order valence-corrected chi connectivity index (χ2v) is 5.74. The number of carbonyl (C=O) groups excluding carboxylic acids is 1. The molecule has 0 aliphatic carbocycles. The molecule has 2 N–H and O–H groups in total. The summed E-state index contributed by atoms with van der Waals surface area (Å²) in [7, 11) is 0. The topological polar surface area (TPSA) is 54.0 Å². The minimum Gasteiger partial charge on any atom is -0.370 e. The van der Waals surface area contributed by atoms with Crippen molar-refractivity contribution in [3.05, 3.63) is 58.7 Å². The molecule has 1 heterocycles. The summed E-state index contributed by atoms with van der Waals surface area (Å²) in [5, 5.41) is 6.22. The first kappa shape index (κ1) is 19.1. The molecule has 0 bridgehead atoms. The van der Waals surface area contributed by atoms with Crippen molar-refractivity contribution in [2.24, 2.45) is 0 Å². The molecule has 0 spiro atoms. The zero-order valence-corrected chi connectivity index (χ0v) is 14.0. The molecule has 1 aromatic carbocycles. The maximum Gasteiger partial charge on any atom is 0.417 e. The quantitative estimate of drug-likeness (QED) is 0.725. The molecule has 0 unspecified atom stereocenters. The highest BCUT2D eigenvalue weighted by molar-refractivity contribution is 6.31. The van der Waals surface area contributed by atoms with Crippen LogP contribution in [0.4, 0.5) is 19.0 Å². The van der Waals surface area contributed by atoms with Gasteiger partial charge in [-0.15, -0.1) is 0 Å². The number of carbonyl (C=O) groups is 1. The van der Waals surface area contributed by atoms with E-state index in [1.54, 1.807) is 18.2 Å². The Morgan fingerprint density at radius 2 is 1.88 bits per heavy atom. The highest BCUT2D eigenvalue weighted by Crippen LogP contribution is 2.28. The first-order chi connectivity index (χ1) is 11.9. The van der Waals surface area contributed by atoms with Crippen molar-refractivity contribution in [3.63, 3.8) is 0 Å². The zero-order chi connectivity index (χ0) is 18.3. The van der Waals surface area contributed by atoms with Gasteiger partial charge in [-0.05, 0) is 30.2 Å². The maximum atomic E-state index is 12.4. The number of aromatic nitrogens is 1. The van der Waals surface area contributed by atoms with Crippen molar-refractivity contribution in [3.8, 4) is 0 Å². The molecule has 0 aliphatic heterocycles. The molecule has 0 fully saturated rings. The SMILES string of the molecule is O=C(Cc1ccccc1Cl)NCCCNc1ccc(C(F)(F)F)cn1. The summed E-state index contributed by atoms with van der Waals surface area (Å²) in [4.78, 5) is 15.5. The number of nitrogens with zero attached hydrogens (tertiary/aromatic N) is 1. The van der Waals surface area contributed by atoms with Gasteiger partial charge in [0.2, 0.25) is 5.91 Å². The van der Waals surface area contributed by atoms with Gasteiger partial charge in [0.1, 0.15) is 5.82 Å². The molecule has 0 aliphatic rings. The lowest BCUT2D eigenvalue weighted by molar-refractivity contribution is -0.137. The highest BCUT2D eigenvalue weighted by atomic mass is 35.5. The molecule has 0 saturated carbocycles. The number of anilines is 1. The van der Waals surface area contributed by atoms with Crippen LogP contribution in [-0.2, 0) is 17.4 Å². The van der Waals surface area contributed by atoms with Gasteiger partial charge in [0, 0.05) is 24.3 Å². The van der Waals surface area contributed by atoms with E-state index in [0.29, 0.717) is 30.4 Å². The fourth-order valence-corrected chi connectivity index (χ4v) is 2.28. The Morgan fingerprint density at radius 1 is 1.12 bits per heavy atom. The number of hydrogen-bond acceptors (Lipinski definition) is 3. The highest BCUT2D eigenvalue weighted by Gasteiger charge is 2.30. The van der Waals surface area contributed by atoms with Gasteiger partial charge in [-0.1, -0.05) is 29.8 Å². The molecule has 0 radical (unpaired) electrons. The third-order valence-corrected chi connectivity index (χ3v) is 3.75. The average molecular weight is 372 g/mol. The second-order valence-electron chi connectivity index (χ2n) is 5.33. The van der Waals surface area contributed by atoms with Crippen LogP contribution >= 0.6 is 11.6 Å². The molecule has 0 atom stereocenters. The largest absolute Gasteiger partial charge is 0.417 e. The third-order valence-electron chi connectivity index (χ3n) is 3.38. The van der Waals surface area contributed by atoms with E-state index in [1.165, 1.54) is 6.07 Å². The lowest BCUT2D eigenvalue weighted by Gasteiger charge is -2.09. The average Bonchev–Trinajstić information content (AvgIpc) is 2.56. The molecule has 1 amide bonds. The summed E-state index contributed by atoms with van der Waals surface area (Å²) in [6.45, 7) is 0.918. The fraction of sp³-hybridized carbons (Fsp3) is 0.294. The van der Waals surface area contributed by atoms with E-state index in [1.807, 2.05) is 6.07 Å².